The van der Waals surface area contributed by atoms with Gasteiger partial charge in [0.25, 0.3) is 5.91 Å². The number of thiophene rings is 1. The Balaban J connectivity index is 2.17. The van der Waals surface area contributed by atoms with Crippen molar-refractivity contribution < 1.29 is 9.90 Å². The molecule has 1 aromatic heterocycles. The van der Waals surface area contributed by atoms with E-state index >= 15 is 0 Å². The van der Waals surface area contributed by atoms with Crippen LogP contribution in [0.2, 0.25) is 0 Å². The van der Waals surface area contributed by atoms with Crippen LogP contribution in [-0.2, 0) is 0 Å². The highest BCUT2D eigenvalue weighted by molar-refractivity contribution is 7.12. The summed E-state index contributed by atoms with van der Waals surface area (Å²) in [4.78, 5) is 14.9. The molecular weight excluding hydrogens is 260 g/mol. The van der Waals surface area contributed by atoms with E-state index in [4.69, 9.17) is 10.4 Å². The minimum absolute atomic E-state index is 0.0463. The molecule has 0 saturated heterocycles. The third-order valence-electron chi connectivity index (χ3n) is 2.87. The van der Waals surface area contributed by atoms with Gasteiger partial charge in [-0.2, -0.15) is 5.26 Å². The predicted octanol–water partition coefficient (Wildman–Crippen LogP) is 1.61. The molecule has 98 valence electrons. The van der Waals surface area contributed by atoms with Crippen molar-refractivity contribution in [3.05, 3.63) is 21.9 Å². The van der Waals surface area contributed by atoms with E-state index in [0.717, 1.165) is 12.8 Å². The fourth-order valence-corrected chi connectivity index (χ4v) is 2.65. The molecule has 4 nitrogen and oxygen atoms in total. The number of aliphatic hydroxyl groups is 1. The molecule has 1 N–H and O–H groups in total. The van der Waals surface area contributed by atoms with Crippen LogP contribution in [0.25, 0.3) is 0 Å². The van der Waals surface area contributed by atoms with E-state index in [1.807, 2.05) is 5.38 Å². The van der Waals surface area contributed by atoms with Crippen LogP contribution in [0.5, 0.6) is 0 Å². The van der Waals surface area contributed by atoms with E-state index in [1.54, 1.807) is 11.0 Å². The van der Waals surface area contributed by atoms with E-state index in [9.17, 15) is 4.79 Å². The topological polar surface area (TPSA) is 64.3 Å². The second-order valence-electron chi connectivity index (χ2n) is 4.26. The first kappa shape index (κ1) is 13.6. The molecule has 0 unspecified atom stereocenters. The molecule has 19 heavy (non-hydrogen) atoms. The lowest BCUT2D eigenvalue weighted by molar-refractivity contribution is 0.0751. The first-order valence-corrected chi connectivity index (χ1v) is 7.01. The van der Waals surface area contributed by atoms with Crippen LogP contribution in [0.15, 0.2) is 11.4 Å². The number of rotatable bonds is 4. The molecule has 0 aliphatic heterocycles. The summed E-state index contributed by atoms with van der Waals surface area (Å²) in [5.74, 6) is 5.31. The molecule has 1 aliphatic rings. The van der Waals surface area contributed by atoms with E-state index in [1.165, 1.54) is 11.3 Å². The average Bonchev–Trinajstić information content (AvgIpc) is 3.14. The number of hydrogen-bond donors (Lipinski definition) is 1. The Morgan fingerprint density at radius 1 is 1.58 bits per heavy atom. The third-order valence-corrected chi connectivity index (χ3v) is 3.78. The molecule has 0 atom stereocenters. The summed E-state index contributed by atoms with van der Waals surface area (Å²) in [7, 11) is 0. The van der Waals surface area contributed by atoms with Crippen LogP contribution >= 0.6 is 11.3 Å². The number of nitrogens with zero attached hydrogens (tertiary/aromatic N) is 2. The van der Waals surface area contributed by atoms with Crippen LogP contribution in [0.4, 0.5) is 0 Å². The van der Waals surface area contributed by atoms with Gasteiger partial charge in [-0.15, -0.1) is 11.3 Å². The number of amides is 1. The quantitative estimate of drug-likeness (QED) is 0.848. The SMILES string of the molecule is N#CCCN(C(=O)c1sccc1C#CCO)C1CC1. The highest BCUT2D eigenvalue weighted by Crippen LogP contribution is 2.30. The van der Waals surface area contributed by atoms with Gasteiger partial charge >= 0.3 is 0 Å². The smallest absolute Gasteiger partial charge is 0.265 e. The Morgan fingerprint density at radius 2 is 2.37 bits per heavy atom. The summed E-state index contributed by atoms with van der Waals surface area (Å²) in [5, 5.41) is 19.2. The van der Waals surface area contributed by atoms with Crippen molar-refractivity contribution in [3.63, 3.8) is 0 Å². The maximum absolute atomic E-state index is 12.5. The van der Waals surface area contributed by atoms with E-state index < -0.39 is 0 Å². The normalized spacial score (nSPS) is 13.3. The number of carbonyl (C=O) groups excluding carboxylic acids is 1. The summed E-state index contributed by atoms with van der Waals surface area (Å²) in [5.41, 5.74) is 0.659. The predicted molar refractivity (Wildman–Crippen MR) is 72.6 cm³/mol. The Kier molecular flexibility index (Phi) is 4.57. The van der Waals surface area contributed by atoms with Crippen molar-refractivity contribution >= 4 is 17.2 Å². The van der Waals surface area contributed by atoms with E-state index in [2.05, 4.69) is 17.9 Å². The molecule has 1 fully saturated rings. The van der Waals surface area contributed by atoms with Crippen molar-refractivity contribution in [2.75, 3.05) is 13.2 Å². The minimum atomic E-state index is -0.218. The molecule has 0 bridgehead atoms. The first-order valence-electron chi connectivity index (χ1n) is 6.13. The molecule has 5 heteroatoms. The van der Waals surface area contributed by atoms with Gasteiger partial charge in [-0.1, -0.05) is 11.8 Å². The summed E-state index contributed by atoms with van der Waals surface area (Å²) in [6.45, 7) is 0.259. The van der Waals surface area contributed by atoms with Gasteiger partial charge in [-0.3, -0.25) is 4.79 Å². The third kappa shape index (κ3) is 3.35. The maximum atomic E-state index is 12.5. The van der Waals surface area contributed by atoms with Crippen molar-refractivity contribution in [1.29, 1.82) is 5.26 Å². The Bertz CT molecular complexity index is 558. The second kappa shape index (κ2) is 6.38. The molecule has 1 aromatic rings. The Hall–Kier alpha value is -1.82. The van der Waals surface area contributed by atoms with Gasteiger partial charge in [0.2, 0.25) is 0 Å². The molecule has 1 aliphatic carbocycles. The van der Waals surface area contributed by atoms with Crippen LogP contribution in [-0.4, -0.2) is 35.1 Å². The monoisotopic (exact) mass is 274 g/mol. The van der Waals surface area contributed by atoms with Crippen LogP contribution in [0.3, 0.4) is 0 Å². The van der Waals surface area contributed by atoms with E-state index in [-0.39, 0.29) is 18.6 Å². The fourth-order valence-electron chi connectivity index (χ4n) is 1.85. The fraction of sp³-hybridized carbons (Fsp3) is 0.429. The van der Waals surface area contributed by atoms with Crippen LogP contribution in [0, 0.1) is 23.2 Å². The zero-order valence-electron chi connectivity index (χ0n) is 10.4. The van der Waals surface area contributed by atoms with Crippen LogP contribution in [0.1, 0.15) is 34.5 Å². The summed E-state index contributed by atoms with van der Waals surface area (Å²) in [6.07, 6.45) is 2.38. The second-order valence-corrected chi connectivity index (χ2v) is 5.18. The summed E-state index contributed by atoms with van der Waals surface area (Å²) < 4.78 is 0. The Labute approximate surface area is 116 Å². The van der Waals surface area contributed by atoms with Gasteiger partial charge < -0.3 is 10.0 Å². The van der Waals surface area contributed by atoms with Crippen molar-refractivity contribution in [2.24, 2.45) is 0 Å². The molecule has 1 saturated carbocycles. The standard InChI is InChI=1S/C14H14N2O2S/c15-7-2-8-16(12-4-5-12)14(18)13-11(3-1-9-17)6-10-19-13/h6,10,12,17H,2,4-5,8-9H2. The van der Waals surface area contributed by atoms with Gasteiger partial charge in [0, 0.05) is 18.2 Å². The van der Waals surface area contributed by atoms with Crippen LogP contribution < -0.4 is 0 Å². The van der Waals surface area contributed by atoms with E-state index in [0.29, 0.717) is 23.4 Å². The lowest BCUT2D eigenvalue weighted by Crippen LogP contribution is -2.33. The highest BCUT2D eigenvalue weighted by atomic mass is 32.1. The first-order chi connectivity index (χ1) is 9.27. The van der Waals surface area contributed by atoms with Gasteiger partial charge in [0.15, 0.2) is 0 Å². The molecule has 1 heterocycles. The number of hydrogen-bond acceptors (Lipinski definition) is 4. The van der Waals surface area contributed by atoms with Gasteiger partial charge in [-0.05, 0) is 24.3 Å². The minimum Gasteiger partial charge on any atom is -0.384 e. The molecule has 1 amide bonds. The zero-order chi connectivity index (χ0) is 13.7. The largest absolute Gasteiger partial charge is 0.384 e. The molecule has 0 radical (unpaired) electrons. The maximum Gasteiger partial charge on any atom is 0.265 e. The van der Waals surface area contributed by atoms with Gasteiger partial charge in [-0.25, -0.2) is 0 Å². The summed E-state index contributed by atoms with van der Waals surface area (Å²) in [6, 6.07) is 4.15. The lowest BCUT2D eigenvalue weighted by atomic mass is 10.2. The van der Waals surface area contributed by atoms with Gasteiger partial charge in [0.05, 0.1) is 12.5 Å². The van der Waals surface area contributed by atoms with Gasteiger partial charge in [0.1, 0.15) is 11.5 Å². The Morgan fingerprint density at radius 3 is 3.00 bits per heavy atom. The lowest BCUT2D eigenvalue weighted by Gasteiger charge is -2.20. The highest BCUT2D eigenvalue weighted by Gasteiger charge is 2.33. The number of aliphatic hydroxyl groups excluding tert-OH is 1. The zero-order valence-corrected chi connectivity index (χ0v) is 11.2. The molecular formula is C14H14N2O2S. The van der Waals surface area contributed by atoms with Crippen molar-refractivity contribution in [1.82, 2.24) is 4.90 Å². The summed E-state index contributed by atoms with van der Waals surface area (Å²) >= 11 is 1.36. The van der Waals surface area contributed by atoms with Crippen molar-refractivity contribution in [2.45, 2.75) is 25.3 Å². The van der Waals surface area contributed by atoms with Crippen molar-refractivity contribution in [3.8, 4) is 17.9 Å². The average molecular weight is 274 g/mol. The molecule has 0 spiro atoms. The number of nitriles is 1. The molecule has 0 aromatic carbocycles. The number of carbonyl (C=O) groups is 1. The molecule has 2 rings (SSSR count).